The van der Waals surface area contributed by atoms with Crippen LogP contribution in [0.3, 0.4) is 0 Å². The Morgan fingerprint density at radius 1 is 1.38 bits per heavy atom. The highest BCUT2D eigenvalue weighted by Gasteiger charge is 2.43. The van der Waals surface area contributed by atoms with Gasteiger partial charge < -0.3 is 14.9 Å². The molecule has 1 fully saturated rings. The van der Waals surface area contributed by atoms with Crippen LogP contribution >= 0.6 is 12.6 Å². The van der Waals surface area contributed by atoms with Gasteiger partial charge in [0.15, 0.2) is 0 Å². The lowest BCUT2D eigenvalue weighted by Crippen LogP contribution is -2.53. The number of ketones is 1. The van der Waals surface area contributed by atoms with Crippen LogP contribution in [-0.4, -0.2) is 39.7 Å². The van der Waals surface area contributed by atoms with Crippen LogP contribution in [-0.2, 0) is 9.53 Å². The maximum absolute atomic E-state index is 11.1. The Labute approximate surface area is 82.3 Å². The van der Waals surface area contributed by atoms with Gasteiger partial charge in [-0.2, -0.15) is 0 Å². The van der Waals surface area contributed by atoms with E-state index in [9.17, 15) is 15.0 Å². The molecule has 1 saturated heterocycles. The first-order valence-electron chi connectivity index (χ1n) is 4.15. The topological polar surface area (TPSA) is 66.8 Å². The number of carbonyl (C=O) groups is 1. The van der Waals surface area contributed by atoms with Crippen molar-refractivity contribution in [3.63, 3.8) is 0 Å². The van der Waals surface area contributed by atoms with Gasteiger partial charge in [-0.25, -0.2) is 0 Å². The van der Waals surface area contributed by atoms with E-state index in [2.05, 4.69) is 12.6 Å². The molecule has 0 bridgehead atoms. The first kappa shape index (κ1) is 11.0. The molecule has 2 N–H and O–H groups in total. The van der Waals surface area contributed by atoms with Gasteiger partial charge >= 0.3 is 0 Å². The van der Waals surface area contributed by atoms with Crippen molar-refractivity contribution in [2.75, 3.05) is 0 Å². The molecule has 76 valence electrons. The van der Waals surface area contributed by atoms with E-state index in [-0.39, 0.29) is 5.78 Å². The van der Waals surface area contributed by atoms with Crippen molar-refractivity contribution in [1.82, 2.24) is 0 Å². The molecule has 0 amide bonds. The van der Waals surface area contributed by atoms with Crippen molar-refractivity contribution < 1.29 is 19.7 Å². The molecule has 0 spiro atoms. The van der Waals surface area contributed by atoms with Crippen LogP contribution in [0.15, 0.2) is 0 Å². The molecular weight excluding hydrogens is 192 g/mol. The molecule has 1 rings (SSSR count). The number of thiol groups is 1. The van der Waals surface area contributed by atoms with Crippen molar-refractivity contribution in [3.8, 4) is 0 Å². The maximum atomic E-state index is 11.1. The van der Waals surface area contributed by atoms with E-state index in [1.54, 1.807) is 6.92 Å². The van der Waals surface area contributed by atoms with Crippen molar-refractivity contribution in [3.05, 3.63) is 0 Å². The SMILES string of the molecule is CC(=O)[C@H]1[C@@H](O)[C@@H](O)[C@@H](C)O[C@H]1S. The van der Waals surface area contributed by atoms with Crippen LogP contribution in [0.2, 0.25) is 0 Å². The number of carbonyl (C=O) groups excluding carboxylic acids is 1. The quantitative estimate of drug-likeness (QED) is 0.510. The third-order valence-corrected chi connectivity index (χ3v) is 2.77. The Morgan fingerprint density at radius 3 is 2.38 bits per heavy atom. The second-order valence-electron chi connectivity index (χ2n) is 3.35. The minimum atomic E-state index is -1.08. The largest absolute Gasteiger partial charge is 0.389 e. The molecule has 4 nitrogen and oxygen atoms in total. The van der Waals surface area contributed by atoms with Crippen molar-refractivity contribution >= 4 is 18.4 Å². The predicted octanol–water partition coefficient (Wildman–Crippen LogP) is -0.412. The summed E-state index contributed by atoms with van der Waals surface area (Å²) < 4.78 is 5.18. The number of aliphatic hydroxyl groups excluding tert-OH is 2. The zero-order valence-electron chi connectivity index (χ0n) is 7.54. The molecule has 0 aliphatic carbocycles. The number of hydrogen-bond donors (Lipinski definition) is 3. The average Bonchev–Trinajstić information content (AvgIpc) is 1.99. The molecule has 13 heavy (non-hydrogen) atoms. The standard InChI is InChI=1S/C8H14O4S/c1-3(9)5-7(11)6(10)4(2)12-8(5)13/h4-8,10-11,13H,1-2H3/t4-,5+,6+,7-,8+/m1/s1. The number of ether oxygens (including phenoxy) is 1. The molecule has 5 atom stereocenters. The Hall–Kier alpha value is -0.100. The molecule has 0 saturated carbocycles. The lowest BCUT2D eigenvalue weighted by molar-refractivity contribution is -0.174. The van der Waals surface area contributed by atoms with Gasteiger partial charge in [0.25, 0.3) is 0 Å². The van der Waals surface area contributed by atoms with Gasteiger partial charge in [-0.1, -0.05) is 0 Å². The highest BCUT2D eigenvalue weighted by molar-refractivity contribution is 7.80. The summed E-state index contributed by atoms with van der Waals surface area (Å²) in [5, 5.41) is 19.0. The van der Waals surface area contributed by atoms with Gasteiger partial charge in [0.1, 0.15) is 17.3 Å². The minimum Gasteiger partial charge on any atom is -0.389 e. The predicted molar refractivity (Wildman–Crippen MR) is 49.5 cm³/mol. The molecule has 1 aliphatic rings. The van der Waals surface area contributed by atoms with Crippen molar-refractivity contribution in [1.29, 1.82) is 0 Å². The van der Waals surface area contributed by atoms with E-state index in [1.807, 2.05) is 0 Å². The molecule has 0 aromatic carbocycles. The smallest absolute Gasteiger partial charge is 0.139 e. The molecule has 1 heterocycles. The molecule has 0 aromatic rings. The van der Waals surface area contributed by atoms with Crippen LogP contribution in [0.5, 0.6) is 0 Å². The van der Waals surface area contributed by atoms with Crippen LogP contribution in [0, 0.1) is 5.92 Å². The lowest BCUT2D eigenvalue weighted by atomic mass is 9.90. The summed E-state index contributed by atoms with van der Waals surface area (Å²) in [5.74, 6) is -0.965. The molecule has 0 unspecified atom stereocenters. The Balaban J connectivity index is 2.79. The van der Waals surface area contributed by atoms with Gasteiger partial charge in [-0.15, -0.1) is 12.6 Å². The Morgan fingerprint density at radius 2 is 1.92 bits per heavy atom. The third-order valence-electron chi connectivity index (χ3n) is 2.33. The average molecular weight is 206 g/mol. The fourth-order valence-corrected chi connectivity index (χ4v) is 2.06. The summed E-state index contributed by atoms with van der Waals surface area (Å²) in [6.45, 7) is 2.98. The minimum absolute atomic E-state index is 0.224. The van der Waals surface area contributed by atoms with Crippen LogP contribution < -0.4 is 0 Å². The van der Waals surface area contributed by atoms with E-state index < -0.39 is 29.7 Å². The van der Waals surface area contributed by atoms with E-state index in [0.29, 0.717) is 0 Å². The number of aliphatic hydroxyl groups is 2. The molecule has 0 aromatic heterocycles. The Bertz CT molecular complexity index is 208. The summed E-state index contributed by atoms with van der Waals surface area (Å²) in [6.07, 6.45) is -2.59. The molecule has 5 heteroatoms. The summed E-state index contributed by atoms with van der Waals surface area (Å²) >= 11 is 4.04. The zero-order valence-corrected chi connectivity index (χ0v) is 8.44. The van der Waals surface area contributed by atoms with E-state index in [4.69, 9.17) is 4.74 Å². The maximum Gasteiger partial charge on any atom is 0.139 e. The van der Waals surface area contributed by atoms with Gasteiger partial charge in [-0.05, 0) is 13.8 Å². The first-order chi connectivity index (χ1) is 5.95. The number of Topliss-reactive ketones (excluding diaryl/α,β-unsaturated/α-hetero) is 1. The van der Waals surface area contributed by atoms with E-state index in [0.717, 1.165) is 0 Å². The highest BCUT2D eigenvalue weighted by atomic mass is 32.1. The van der Waals surface area contributed by atoms with Crippen molar-refractivity contribution in [2.45, 2.75) is 37.6 Å². The van der Waals surface area contributed by atoms with Crippen LogP contribution in [0.4, 0.5) is 0 Å². The van der Waals surface area contributed by atoms with Gasteiger partial charge in [0.2, 0.25) is 0 Å². The Kier molecular flexibility index (Phi) is 3.34. The zero-order chi connectivity index (χ0) is 10.2. The van der Waals surface area contributed by atoms with Crippen LogP contribution in [0.1, 0.15) is 13.8 Å². The fourth-order valence-electron chi connectivity index (χ4n) is 1.49. The van der Waals surface area contributed by atoms with Crippen LogP contribution in [0.25, 0.3) is 0 Å². The molecule has 1 aliphatic heterocycles. The van der Waals surface area contributed by atoms with E-state index >= 15 is 0 Å². The van der Waals surface area contributed by atoms with Gasteiger partial charge in [-0.3, -0.25) is 4.79 Å². The van der Waals surface area contributed by atoms with Gasteiger partial charge in [0, 0.05) is 0 Å². The third kappa shape index (κ3) is 2.04. The number of hydrogen-bond acceptors (Lipinski definition) is 5. The summed E-state index contributed by atoms with van der Waals surface area (Å²) in [5.41, 5.74) is -0.633. The monoisotopic (exact) mass is 206 g/mol. The number of rotatable bonds is 1. The fraction of sp³-hybridized carbons (Fsp3) is 0.875. The highest BCUT2D eigenvalue weighted by Crippen LogP contribution is 2.28. The summed E-state index contributed by atoms with van der Waals surface area (Å²) in [6, 6.07) is 0. The first-order valence-corrected chi connectivity index (χ1v) is 4.67. The van der Waals surface area contributed by atoms with Crippen molar-refractivity contribution in [2.24, 2.45) is 5.92 Å². The summed E-state index contributed by atoms with van der Waals surface area (Å²) in [7, 11) is 0. The van der Waals surface area contributed by atoms with E-state index in [1.165, 1.54) is 6.92 Å². The second kappa shape index (κ2) is 3.96. The second-order valence-corrected chi connectivity index (χ2v) is 3.86. The molecular formula is C8H14O4S. The molecule has 0 radical (unpaired) electrons. The lowest BCUT2D eigenvalue weighted by Gasteiger charge is -2.38. The normalized spacial score (nSPS) is 46.1. The van der Waals surface area contributed by atoms with Gasteiger partial charge in [0.05, 0.1) is 18.1 Å². The summed E-state index contributed by atoms with van der Waals surface area (Å²) in [4.78, 5) is 11.1.